The molecule has 0 bridgehead atoms. The normalized spacial score (nSPS) is 13.9. The molecule has 0 amide bonds. The van der Waals surface area contributed by atoms with Crippen LogP contribution in [-0.2, 0) is 0 Å². The smallest absolute Gasteiger partial charge is 0.0230 e. The Morgan fingerprint density at radius 3 is 1.36 bits per heavy atom. The van der Waals surface area contributed by atoms with E-state index in [9.17, 15) is 0 Å². The molecule has 0 saturated heterocycles. The summed E-state index contributed by atoms with van der Waals surface area (Å²) in [4.78, 5) is 0. The molecule has 0 heterocycles. The zero-order chi connectivity index (χ0) is 10.8. The highest BCUT2D eigenvalue weighted by Gasteiger charge is 1.93. The SMILES string of the molecule is C=C\C=C/C(=C/C)C(/C=C\C=C)=C/C. The zero-order valence-electron chi connectivity index (χ0n) is 9.03. The maximum atomic E-state index is 3.65. The summed E-state index contributed by atoms with van der Waals surface area (Å²) >= 11 is 0. The molecule has 0 saturated carbocycles. The maximum absolute atomic E-state index is 3.65. The van der Waals surface area contributed by atoms with E-state index < -0.39 is 0 Å². The first-order chi connectivity index (χ1) is 6.79. The minimum absolute atomic E-state index is 1.19. The van der Waals surface area contributed by atoms with Crippen LogP contribution in [0.25, 0.3) is 0 Å². The summed E-state index contributed by atoms with van der Waals surface area (Å²) < 4.78 is 0. The van der Waals surface area contributed by atoms with Crippen LogP contribution in [-0.4, -0.2) is 0 Å². The van der Waals surface area contributed by atoms with Crippen LogP contribution in [0.4, 0.5) is 0 Å². The number of rotatable bonds is 5. The van der Waals surface area contributed by atoms with Crippen LogP contribution in [0.2, 0.25) is 0 Å². The molecule has 0 fully saturated rings. The predicted octanol–water partition coefficient (Wildman–Crippen LogP) is 4.36. The van der Waals surface area contributed by atoms with E-state index >= 15 is 0 Å². The van der Waals surface area contributed by atoms with Crippen molar-refractivity contribution in [1.82, 2.24) is 0 Å². The third-order valence-corrected chi connectivity index (χ3v) is 1.78. The quantitative estimate of drug-likeness (QED) is 0.559. The van der Waals surface area contributed by atoms with Gasteiger partial charge in [0.05, 0.1) is 0 Å². The van der Waals surface area contributed by atoms with Gasteiger partial charge in [0.15, 0.2) is 0 Å². The lowest BCUT2D eigenvalue weighted by molar-refractivity contribution is 1.47. The minimum atomic E-state index is 1.19. The summed E-state index contributed by atoms with van der Waals surface area (Å²) in [5.74, 6) is 0. The summed E-state index contributed by atoms with van der Waals surface area (Å²) in [6, 6.07) is 0. The Hall–Kier alpha value is -1.56. The third kappa shape index (κ3) is 4.46. The van der Waals surface area contributed by atoms with Gasteiger partial charge in [-0.25, -0.2) is 0 Å². The van der Waals surface area contributed by atoms with Crippen molar-refractivity contribution < 1.29 is 0 Å². The van der Waals surface area contributed by atoms with Crippen molar-refractivity contribution in [3.05, 3.63) is 72.9 Å². The summed E-state index contributed by atoms with van der Waals surface area (Å²) in [5.41, 5.74) is 2.37. The maximum Gasteiger partial charge on any atom is -0.0230 e. The van der Waals surface area contributed by atoms with Crippen LogP contribution in [0.1, 0.15) is 13.8 Å². The van der Waals surface area contributed by atoms with Gasteiger partial charge in [0.1, 0.15) is 0 Å². The molecular formula is C14H18. The Labute approximate surface area is 87.3 Å². The van der Waals surface area contributed by atoms with E-state index in [2.05, 4.69) is 25.3 Å². The highest BCUT2D eigenvalue weighted by Crippen LogP contribution is 2.13. The van der Waals surface area contributed by atoms with E-state index in [0.717, 1.165) is 0 Å². The van der Waals surface area contributed by atoms with Crippen molar-refractivity contribution in [2.24, 2.45) is 0 Å². The molecule has 0 atom stereocenters. The number of hydrogen-bond donors (Lipinski definition) is 0. The van der Waals surface area contributed by atoms with Crippen LogP contribution in [0.15, 0.2) is 72.9 Å². The molecule has 0 aliphatic rings. The van der Waals surface area contributed by atoms with E-state index in [1.807, 2.05) is 38.2 Å². The Morgan fingerprint density at radius 2 is 1.14 bits per heavy atom. The Balaban J connectivity index is 4.82. The van der Waals surface area contributed by atoms with Crippen molar-refractivity contribution in [3.63, 3.8) is 0 Å². The Bertz CT molecular complexity index is 264. The van der Waals surface area contributed by atoms with Gasteiger partial charge in [-0.05, 0) is 25.0 Å². The van der Waals surface area contributed by atoms with E-state index in [1.54, 1.807) is 12.2 Å². The number of allylic oxidation sites excluding steroid dienone is 10. The van der Waals surface area contributed by atoms with Crippen LogP contribution >= 0.6 is 0 Å². The van der Waals surface area contributed by atoms with E-state index in [1.165, 1.54) is 11.1 Å². The van der Waals surface area contributed by atoms with Gasteiger partial charge < -0.3 is 0 Å². The van der Waals surface area contributed by atoms with Crippen LogP contribution in [0.3, 0.4) is 0 Å². The second-order valence-electron chi connectivity index (χ2n) is 2.68. The molecule has 0 aromatic carbocycles. The van der Waals surface area contributed by atoms with Crippen LogP contribution in [0, 0.1) is 0 Å². The van der Waals surface area contributed by atoms with Gasteiger partial charge in [-0.15, -0.1) is 0 Å². The van der Waals surface area contributed by atoms with Gasteiger partial charge in [0.2, 0.25) is 0 Å². The van der Waals surface area contributed by atoms with Crippen molar-refractivity contribution in [2.75, 3.05) is 0 Å². The molecule has 0 radical (unpaired) electrons. The molecule has 0 heteroatoms. The van der Waals surface area contributed by atoms with Gasteiger partial charge in [0.25, 0.3) is 0 Å². The molecule has 74 valence electrons. The molecule has 0 aliphatic heterocycles. The summed E-state index contributed by atoms with van der Waals surface area (Å²) in [6.45, 7) is 11.3. The lowest BCUT2D eigenvalue weighted by Crippen LogP contribution is -1.81. The van der Waals surface area contributed by atoms with Gasteiger partial charge in [-0.1, -0.05) is 61.8 Å². The van der Waals surface area contributed by atoms with Gasteiger partial charge in [-0.2, -0.15) is 0 Å². The molecular weight excluding hydrogens is 168 g/mol. The highest BCUT2D eigenvalue weighted by atomic mass is 14.0. The zero-order valence-corrected chi connectivity index (χ0v) is 9.03. The van der Waals surface area contributed by atoms with Crippen molar-refractivity contribution in [1.29, 1.82) is 0 Å². The average molecular weight is 186 g/mol. The molecule has 0 aromatic heterocycles. The van der Waals surface area contributed by atoms with Crippen LogP contribution in [0.5, 0.6) is 0 Å². The molecule has 0 unspecified atom stereocenters. The molecule has 0 aromatic rings. The minimum Gasteiger partial charge on any atom is -0.0991 e. The topological polar surface area (TPSA) is 0 Å². The lowest BCUT2D eigenvalue weighted by Gasteiger charge is -2.01. The number of hydrogen-bond acceptors (Lipinski definition) is 0. The second kappa shape index (κ2) is 8.06. The van der Waals surface area contributed by atoms with Crippen molar-refractivity contribution in [3.8, 4) is 0 Å². The van der Waals surface area contributed by atoms with Gasteiger partial charge >= 0.3 is 0 Å². The fourth-order valence-corrected chi connectivity index (χ4v) is 1.06. The first-order valence-electron chi connectivity index (χ1n) is 4.71. The average Bonchev–Trinajstić information content (AvgIpc) is 2.23. The Morgan fingerprint density at radius 1 is 0.786 bits per heavy atom. The highest BCUT2D eigenvalue weighted by molar-refractivity contribution is 5.46. The fraction of sp³-hybridized carbons (Fsp3) is 0.143. The molecule has 0 rings (SSSR count). The molecule has 14 heavy (non-hydrogen) atoms. The first-order valence-corrected chi connectivity index (χ1v) is 4.71. The van der Waals surface area contributed by atoms with Crippen LogP contribution < -0.4 is 0 Å². The van der Waals surface area contributed by atoms with E-state index in [4.69, 9.17) is 0 Å². The van der Waals surface area contributed by atoms with Gasteiger partial charge in [-0.3, -0.25) is 0 Å². The molecule has 0 nitrogen and oxygen atoms in total. The summed E-state index contributed by atoms with van der Waals surface area (Å²) in [5, 5.41) is 0. The van der Waals surface area contributed by atoms with E-state index in [-0.39, 0.29) is 0 Å². The first kappa shape index (κ1) is 12.4. The largest absolute Gasteiger partial charge is 0.0991 e. The predicted molar refractivity (Wildman–Crippen MR) is 66.2 cm³/mol. The van der Waals surface area contributed by atoms with E-state index in [0.29, 0.717) is 0 Å². The van der Waals surface area contributed by atoms with Crippen molar-refractivity contribution in [2.45, 2.75) is 13.8 Å². The Kier molecular flexibility index (Phi) is 7.16. The monoisotopic (exact) mass is 186 g/mol. The second-order valence-corrected chi connectivity index (χ2v) is 2.68. The molecule has 0 spiro atoms. The fourth-order valence-electron chi connectivity index (χ4n) is 1.06. The third-order valence-electron chi connectivity index (χ3n) is 1.78. The van der Waals surface area contributed by atoms with Gasteiger partial charge in [0, 0.05) is 0 Å². The summed E-state index contributed by atoms with van der Waals surface area (Å²) in [6.07, 6.45) is 15.6. The lowest BCUT2D eigenvalue weighted by atomic mass is 10.0. The molecule has 0 N–H and O–H groups in total. The van der Waals surface area contributed by atoms with Crippen molar-refractivity contribution >= 4 is 0 Å². The molecule has 0 aliphatic carbocycles. The summed E-state index contributed by atoms with van der Waals surface area (Å²) in [7, 11) is 0. The standard InChI is InChI=1S/C14H18/c1-5-9-11-13(7-3)14(8-4)12-10-6-2/h5-12H,1-2H2,3-4H3/b11-9-,12-10-,13-7-,14-8+.